The van der Waals surface area contributed by atoms with Crippen molar-refractivity contribution in [2.45, 2.75) is 62.4 Å². The van der Waals surface area contributed by atoms with Crippen LogP contribution in [0.2, 0.25) is 0 Å². The first-order valence-corrected chi connectivity index (χ1v) is 14.4. The summed E-state index contributed by atoms with van der Waals surface area (Å²) in [6.45, 7) is 6.91. The molecule has 2 bridgehead atoms. The number of halogens is 3. The van der Waals surface area contributed by atoms with Crippen molar-refractivity contribution in [1.29, 1.82) is 0 Å². The number of carbonyl (C=O) groups is 2. The predicted molar refractivity (Wildman–Crippen MR) is 152 cm³/mol. The Bertz CT molecular complexity index is 1540. The summed E-state index contributed by atoms with van der Waals surface area (Å²) < 4.78 is 57.1. The molecule has 43 heavy (non-hydrogen) atoms. The number of rotatable bonds is 5. The summed E-state index contributed by atoms with van der Waals surface area (Å²) in [6, 6.07) is 6.02. The second kappa shape index (κ2) is 10.6. The average Bonchev–Trinajstić information content (AvgIpc) is 3.31. The van der Waals surface area contributed by atoms with Gasteiger partial charge in [-0.1, -0.05) is 12.0 Å². The molecule has 2 heterocycles. The molecule has 0 unspecified atom stereocenters. The van der Waals surface area contributed by atoms with Gasteiger partial charge in [-0.15, -0.1) is 6.58 Å². The summed E-state index contributed by atoms with van der Waals surface area (Å²) >= 11 is 0. The lowest BCUT2D eigenvalue weighted by atomic mass is 9.51. The normalized spacial score (nSPS) is 26.7. The van der Waals surface area contributed by atoms with E-state index in [0.29, 0.717) is 35.7 Å². The fraction of sp³-hybridized carbons (Fsp3) is 0.455. The number of benzene rings is 2. The van der Waals surface area contributed by atoms with Gasteiger partial charge in [0.1, 0.15) is 11.9 Å². The van der Waals surface area contributed by atoms with E-state index in [1.54, 1.807) is 25.1 Å². The summed E-state index contributed by atoms with van der Waals surface area (Å²) in [7, 11) is 3.26. The van der Waals surface area contributed by atoms with Crippen LogP contribution in [0.3, 0.4) is 0 Å². The van der Waals surface area contributed by atoms with E-state index in [1.165, 1.54) is 19.1 Å². The Labute approximate surface area is 248 Å². The number of hydrogen-bond donors (Lipinski definition) is 0. The topological polar surface area (TPSA) is 68.3 Å². The van der Waals surface area contributed by atoms with Crippen molar-refractivity contribution in [1.82, 2.24) is 9.80 Å². The van der Waals surface area contributed by atoms with Crippen molar-refractivity contribution in [3.8, 4) is 29.1 Å². The number of alkyl halides is 3. The number of ether oxygens (including phenoxy) is 3. The number of methoxy groups -OCH3 is 1. The SMILES string of the molecule is C=CCN1CC[C@]23c4c5c(OC(C)=O)cc(OC)c4O[C@H]2[C@@H](N(C)C(=O)C#Cc2ccc(C(F)(F)F)cc2)CC[C@H]3[C@H]1C5. The maximum absolute atomic E-state index is 13.4. The van der Waals surface area contributed by atoms with Gasteiger partial charge in [-0.05, 0) is 62.4 Å². The standard InChI is InChI=1S/C33H33F3N2O5/c1-5-15-38-16-14-32-23-11-12-24(37(3)28(40)13-8-20-6-9-21(10-7-20)33(34,35)36)31(32)43-30-27(41-4)18-26(42-19(2)39)22(29(30)32)17-25(23)38/h5-7,9-10,18,23-25,31H,1,11-12,14-17H2,2-4H3/t23-,24-,25+,31-,32-/m0/s1. The van der Waals surface area contributed by atoms with E-state index in [1.807, 2.05) is 6.08 Å². The number of esters is 1. The monoisotopic (exact) mass is 594 g/mol. The van der Waals surface area contributed by atoms with Gasteiger partial charge < -0.3 is 19.1 Å². The van der Waals surface area contributed by atoms with Gasteiger partial charge in [0, 0.05) is 60.7 Å². The number of hydrogen-bond acceptors (Lipinski definition) is 6. The zero-order valence-corrected chi connectivity index (χ0v) is 24.3. The molecule has 1 spiro atoms. The van der Waals surface area contributed by atoms with Crippen molar-refractivity contribution < 1.29 is 37.0 Å². The maximum Gasteiger partial charge on any atom is 0.416 e. The van der Waals surface area contributed by atoms with Crippen LogP contribution in [0.1, 0.15) is 48.4 Å². The lowest BCUT2D eigenvalue weighted by Gasteiger charge is -2.60. The summed E-state index contributed by atoms with van der Waals surface area (Å²) in [5, 5.41) is 0. The quantitative estimate of drug-likeness (QED) is 0.216. The molecule has 7 nitrogen and oxygen atoms in total. The van der Waals surface area contributed by atoms with E-state index in [-0.39, 0.29) is 24.1 Å². The van der Waals surface area contributed by atoms with Crippen LogP contribution in [-0.4, -0.2) is 67.1 Å². The number of amides is 1. The molecule has 0 radical (unpaired) electrons. The van der Waals surface area contributed by atoms with Crippen molar-refractivity contribution in [3.05, 3.63) is 65.2 Å². The second-order valence-electron chi connectivity index (χ2n) is 11.7. The number of likely N-dealkylation sites (tertiary alicyclic amines) is 1. The van der Waals surface area contributed by atoms with Gasteiger partial charge in [0.15, 0.2) is 11.5 Å². The van der Waals surface area contributed by atoms with E-state index in [4.69, 9.17) is 14.2 Å². The van der Waals surface area contributed by atoms with E-state index >= 15 is 0 Å². The fourth-order valence-electron chi connectivity index (χ4n) is 7.93. The summed E-state index contributed by atoms with van der Waals surface area (Å²) in [4.78, 5) is 29.5. The highest BCUT2D eigenvalue weighted by atomic mass is 19.4. The first-order chi connectivity index (χ1) is 20.5. The lowest BCUT2D eigenvalue weighted by Crippen LogP contribution is -2.68. The van der Waals surface area contributed by atoms with E-state index in [0.717, 1.165) is 49.2 Å². The fourth-order valence-corrected chi connectivity index (χ4v) is 7.93. The third kappa shape index (κ3) is 4.65. The Hall–Kier alpha value is -3.97. The highest BCUT2D eigenvalue weighted by Gasteiger charge is 2.67. The van der Waals surface area contributed by atoms with Gasteiger partial charge in [-0.25, -0.2) is 0 Å². The zero-order chi connectivity index (χ0) is 30.7. The van der Waals surface area contributed by atoms with Crippen LogP contribution in [0, 0.1) is 17.8 Å². The van der Waals surface area contributed by atoms with Crippen LogP contribution >= 0.6 is 0 Å². The minimum Gasteiger partial charge on any atom is -0.493 e. The molecule has 10 heteroatoms. The van der Waals surface area contributed by atoms with Gasteiger partial charge in [0.2, 0.25) is 0 Å². The molecular formula is C33H33F3N2O5. The van der Waals surface area contributed by atoms with Crippen LogP contribution in [0.25, 0.3) is 0 Å². The highest BCUT2D eigenvalue weighted by Crippen LogP contribution is 2.65. The smallest absolute Gasteiger partial charge is 0.416 e. The average molecular weight is 595 g/mol. The van der Waals surface area contributed by atoms with Crippen molar-refractivity contribution in [2.75, 3.05) is 27.2 Å². The molecule has 2 aliphatic carbocycles. The van der Waals surface area contributed by atoms with Crippen LogP contribution in [-0.2, 0) is 27.6 Å². The van der Waals surface area contributed by atoms with E-state index in [9.17, 15) is 22.8 Å². The van der Waals surface area contributed by atoms with Gasteiger partial charge in [0.25, 0.3) is 5.91 Å². The van der Waals surface area contributed by atoms with Crippen molar-refractivity contribution in [2.24, 2.45) is 5.92 Å². The molecule has 2 aromatic carbocycles. The molecule has 2 fully saturated rings. The molecular weight excluding hydrogens is 561 g/mol. The molecule has 4 aliphatic rings. The van der Waals surface area contributed by atoms with Crippen LogP contribution in [0.4, 0.5) is 13.2 Å². The third-order valence-electron chi connectivity index (χ3n) is 9.66. The molecule has 226 valence electrons. The number of nitrogens with zero attached hydrogens (tertiary/aromatic N) is 2. The van der Waals surface area contributed by atoms with E-state index in [2.05, 4.69) is 23.3 Å². The van der Waals surface area contributed by atoms with Crippen LogP contribution in [0.15, 0.2) is 43.0 Å². The Morgan fingerprint density at radius 3 is 2.63 bits per heavy atom. The Kier molecular flexibility index (Phi) is 7.20. The maximum atomic E-state index is 13.4. The first-order valence-electron chi connectivity index (χ1n) is 14.4. The minimum absolute atomic E-state index is 0.181. The second-order valence-corrected chi connectivity index (χ2v) is 11.7. The summed E-state index contributed by atoms with van der Waals surface area (Å²) in [5.41, 5.74) is 1.09. The van der Waals surface area contributed by atoms with Crippen molar-refractivity contribution in [3.63, 3.8) is 0 Å². The largest absolute Gasteiger partial charge is 0.493 e. The Balaban J connectivity index is 1.37. The number of likely N-dealkylation sites (N-methyl/N-ethyl adjacent to an activating group) is 1. The molecule has 2 aromatic rings. The number of carbonyl (C=O) groups excluding carboxylic acids is 2. The molecule has 5 atom stereocenters. The van der Waals surface area contributed by atoms with Crippen molar-refractivity contribution >= 4 is 11.9 Å². The molecule has 0 N–H and O–H groups in total. The lowest BCUT2D eigenvalue weighted by molar-refractivity contribution is -0.137. The van der Waals surface area contributed by atoms with Crippen LogP contribution < -0.4 is 14.2 Å². The Morgan fingerprint density at radius 1 is 1.23 bits per heavy atom. The van der Waals surface area contributed by atoms with Crippen LogP contribution in [0.5, 0.6) is 17.2 Å². The summed E-state index contributed by atoms with van der Waals surface area (Å²) in [5.74, 6) is 6.33. The zero-order valence-electron chi connectivity index (χ0n) is 24.3. The Morgan fingerprint density at radius 2 is 1.98 bits per heavy atom. The highest BCUT2D eigenvalue weighted by molar-refractivity contribution is 5.94. The van der Waals surface area contributed by atoms with E-state index < -0.39 is 29.0 Å². The van der Waals surface area contributed by atoms with Gasteiger partial charge in [-0.2, -0.15) is 13.2 Å². The summed E-state index contributed by atoms with van der Waals surface area (Å²) in [6.07, 6.45) is 0.125. The first kappa shape index (κ1) is 29.1. The minimum atomic E-state index is -4.44. The predicted octanol–water partition coefficient (Wildman–Crippen LogP) is 4.74. The third-order valence-corrected chi connectivity index (χ3v) is 9.66. The molecule has 2 aliphatic heterocycles. The molecule has 1 amide bonds. The van der Waals surface area contributed by atoms with Gasteiger partial charge >= 0.3 is 12.1 Å². The van der Waals surface area contributed by atoms with Gasteiger partial charge in [0.05, 0.1) is 18.7 Å². The number of piperidine rings is 1. The molecule has 0 aromatic heterocycles. The molecule has 1 saturated heterocycles. The van der Waals surface area contributed by atoms with Gasteiger partial charge in [-0.3, -0.25) is 14.5 Å². The molecule has 6 rings (SSSR count). The molecule has 1 saturated carbocycles.